The number of hydrogen-bond donors (Lipinski definition) is 0. The second kappa shape index (κ2) is 4.16. The van der Waals surface area contributed by atoms with Crippen LogP contribution in [0.5, 0.6) is 11.5 Å². The lowest BCUT2D eigenvalue weighted by Gasteiger charge is -2.17. The number of ether oxygens (including phenoxy) is 2. The molecule has 5 nitrogen and oxygen atoms in total. The minimum absolute atomic E-state index is 0.413. The minimum Gasteiger partial charge on any atom is -0.497 e. The molecule has 0 heterocycles. The summed E-state index contributed by atoms with van der Waals surface area (Å²) >= 11 is 0. The van der Waals surface area contributed by atoms with E-state index in [1.54, 1.807) is 24.3 Å². The van der Waals surface area contributed by atoms with Gasteiger partial charge >= 0.3 is 5.72 Å². The Bertz CT molecular complexity index is 362. The Morgan fingerprint density at radius 2 is 1.93 bits per heavy atom. The Hall–Kier alpha value is -1.78. The number of methoxy groups -OCH3 is 1. The number of benzene rings is 1. The molecular weight excluding hydrogens is 198 g/mol. The SMILES string of the molecule is COc1cccc(OC(C)(C)[N+](=O)[O-])c1. The van der Waals surface area contributed by atoms with E-state index in [2.05, 4.69) is 0 Å². The van der Waals surface area contributed by atoms with Crippen LogP contribution in [-0.4, -0.2) is 17.8 Å². The fourth-order valence-electron chi connectivity index (χ4n) is 0.990. The van der Waals surface area contributed by atoms with Crippen LogP contribution in [0.4, 0.5) is 0 Å². The Kier molecular flexibility index (Phi) is 3.14. The van der Waals surface area contributed by atoms with Crippen LogP contribution in [0.3, 0.4) is 0 Å². The van der Waals surface area contributed by atoms with Crippen LogP contribution in [0.15, 0.2) is 24.3 Å². The van der Waals surface area contributed by atoms with Gasteiger partial charge < -0.3 is 9.47 Å². The van der Waals surface area contributed by atoms with Crippen molar-refractivity contribution in [2.75, 3.05) is 7.11 Å². The van der Waals surface area contributed by atoms with E-state index in [9.17, 15) is 10.1 Å². The fraction of sp³-hybridized carbons (Fsp3) is 0.400. The van der Waals surface area contributed by atoms with Gasteiger partial charge in [-0.05, 0) is 12.1 Å². The first-order chi connectivity index (χ1) is 6.95. The molecule has 1 rings (SSSR count). The summed E-state index contributed by atoms with van der Waals surface area (Å²) < 4.78 is 10.2. The maximum atomic E-state index is 10.6. The lowest BCUT2D eigenvalue weighted by Crippen LogP contribution is -2.37. The fourth-order valence-corrected chi connectivity index (χ4v) is 0.990. The Labute approximate surface area is 87.8 Å². The lowest BCUT2D eigenvalue weighted by atomic mass is 10.3. The van der Waals surface area contributed by atoms with Gasteiger partial charge in [-0.2, -0.15) is 0 Å². The average Bonchev–Trinajstić information content (AvgIpc) is 2.17. The zero-order valence-corrected chi connectivity index (χ0v) is 8.89. The normalized spacial score (nSPS) is 10.9. The van der Waals surface area contributed by atoms with Crippen molar-refractivity contribution in [2.24, 2.45) is 0 Å². The molecule has 1 aromatic carbocycles. The third-order valence-corrected chi connectivity index (χ3v) is 1.85. The van der Waals surface area contributed by atoms with E-state index < -0.39 is 10.6 Å². The summed E-state index contributed by atoms with van der Waals surface area (Å²) in [5, 5.41) is 10.6. The molecule has 0 aliphatic rings. The molecule has 0 fully saturated rings. The first-order valence-corrected chi connectivity index (χ1v) is 4.43. The van der Waals surface area contributed by atoms with E-state index in [0.29, 0.717) is 11.5 Å². The zero-order valence-electron chi connectivity index (χ0n) is 8.89. The van der Waals surface area contributed by atoms with Gasteiger partial charge in [0.1, 0.15) is 11.5 Å². The monoisotopic (exact) mass is 211 g/mol. The number of rotatable bonds is 4. The molecule has 5 heteroatoms. The van der Waals surface area contributed by atoms with Crippen molar-refractivity contribution in [1.82, 2.24) is 0 Å². The largest absolute Gasteiger partial charge is 0.497 e. The molecule has 15 heavy (non-hydrogen) atoms. The van der Waals surface area contributed by atoms with Crippen LogP contribution in [0, 0.1) is 10.1 Å². The first kappa shape index (κ1) is 11.3. The Morgan fingerprint density at radius 1 is 1.33 bits per heavy atom. The maximum absolute atomic E-state index is 10.6. The summed E-state index contributed by atoms with van der Waals surface area (Å²) in [6.45, 7) is 2.79. The van der Waals surface area contributed by atoms with E-state index in [0.717, 1.165) is 0 Å². The van der Waals surface area contributed by atoms with Gasteiger partial charge in [-0.3, -0.25) is 10.1 Å². The molecule has 1 aromatic rings. The summed E-state index contributed by atoms with van der Waals surface area (Å²) in [7, 11) is 1.53. The molecule has 0 saturated carbocycles. The highest BCUT2D eigenvalue weighted by Gasteiger charge is 2.32. The van der Waals surface area contributed by atoms with Crippen LogP contribution >= 0.6 is 0 Å². The van der Waals surface area contributed by atoms with Crippen molar-refractivity contribution in [2.45, 2.75) is 19.6 Å². The quantitative estimate of drug-likeness (QED) is 0.434. The van der Waals surface area contributed by atoms with Crippen molar-refractivity contribution in [3.8, 4) is 11.5 Å². The van der Waals surface area contributed by atoms with E-state index in [4.69, 9.17) is 9.47 Å². The predicted octanol–water partition coefficient (Wildman–Crippen LogP) is 2.09. The highest BCUT2D eigenvalue weighted by molar-refractivity contribution is 5.33. The second-order valence-corrected chi connectivity index (χ2v) is 3.48. The minimum atomic E-state index is -1.44. The average molecular weight is 211 g/mol. The third-order valence-electron chi connectivity index (χ3n) is 1.85. The van der Waals surface area contributed by atoms with Gasteiger partial charge in [-0.25, -0.2) is 0 Å². The highest BCUT2D eigenvalue weighted by atomic mass is 16.7. The topological polar surface area (TPSA) is 61.6 Å². The molecule has 0 bridgehead atoms. The van der Waals surface area contributed by atoms with Gasteiger partial charge in [-0.15, -0.1) is 0 Å². The van der Waals surface area contributed by atoms with Crippen molar-refractivity contribution in [1.29, 1.82) is 0 Å². The summed E-state index contributed by atoms with van der Waals surface area (Å²) in [5.74, 6) is 1.02. The molecule has 0 spiro atoms. The molecule has 0 unspecified atom stereocenters. The summed E-state index contributed by atoms with van der Waals surface area (Å²) in [5.41, 5.74) is -1.44. The smallest absolute Gasteiger partial charge is 0.357 e. The standard InChI is InChI=1S/C10H13NO4/c1-10(2,11(12)13)15-9-6-4-5-8(7-9)14-3/h4-7H,1-3H3. The molecular formula is C10H13NO4. The number of nitrogens with zero attached hydrogens (tertiary/aromatic N) is 1. The molecule has 0 aliphatic heterocycles. The molecule has 0 amide bonds. The number of hydrogen-bond acceptors (Lipinski definition) is 4. The molecule has 82 valence electrons. The van der Waals surface area contributed by atoms with Crippen LogP contribution in [0.1, 0.15) is 13.8 Å². The van der Waals surface area contributed by atoms with Crippen molar-refractivity contribution < 1.29 is 14.4 Å². The first-order valence-electron chi connectivity index (χ1n) is 4.43. The van der Waals surface area contributed by atoms with Crippen LogP contribution in [-0.2, 0) is 0 Å². The molecule has 0 N–H and O–H groups in total. The second-order valence-electron chi connectivity index (χ2n) is 3.48. The van der Waals surface area contributed by atoms with Crippen molar-refractivity contribution >= 4 is 0 Å². The number of nitro groups is 1. The lowest BCUT2D eigenvalue weighted by molar-refractivity contribution is -0.605. The van der Waals surface area contributed by atoms with Gasteiger partial charge in [0.05, 0.1) is 12.0 Å². The van der Waals surface area contributed by atoms with Crippen LogP contribution in [0.25, 0.3) is 0 Å². The summed E-state index contributed by atoms with van der Waals surface area (Å²) in [6.07, 6.45) is 0. The van der Waals surface area contributed by atoms with Crippen molar-refractivity contribution in [3.63, 3.8) is 0 Å². The third kappa shape index (κ3) is 2.83. The van der Waals surface area contributed by atoms with Gasteiger partial charge in [-0.1, -0.05) is 6.07 Å². The summed E-state index contributed by atoms with van der Waals surface area (Å²) in [6, 6.07) is 6.70. The molecule has 0 saturated heterocycles. The van der Waals surface area contributed by atoms with Crippen LogP contribution in [0.2, 0.25) is 0 Å². The molecule has 0 atom stereocenters. The molecule has 0 radical (unpaired) electrons. The molecule has 0 aromatic heterocycles. The predicted molar refractivity (Wildman–Crippen MR) is 54.7 cm³/mol. The van der Waals surface area contributed by atoms with E-state index >= 15 is 0 Å². The van der Waals surface area contributed by atoms with Gasteiger partial charge in [0.2, 0.25) is 0 Å². The van der Waals surface area contributed by atoms with E-state index in [1.165, 1.54) is 21.0 Å². The highest BCUT2D eigenvalue weighted by Crippen LogP contribution is 2.23. The van der Waals surface area contributed by atoms with Gasteiger partial charge in [0.25, 0.3) is 0 Å². The maximum Gasteiger partial charge on any atom is 0.357 e. The summed E-state index contributed by atoms with van der Waals surface area (Å²) in [4.78, 5) is 10.1. The van der Waals surface area contributed by atoms with Gasteiger partial charge in [0, 0.05) is 19.9 Å². The van der Waals surface area contributed by atoms with E-state index in [1.807, 2.05) is 0 Å². The van der Waals surface area contributed by atoms with Gasteiger partial charge in [0.15, 0.2) is 0 Å². The van der Waals surface area contributed by atoms with Crippen LogP contribution < -0.4 is 9.47 Å². The van der Waals surface area contributed by atoms with Crippen molar-refractivity contribution in [3.05, 3.63) is 34.4 Å². The Morgan fingerprint density at radius 3 is 2.47 bits per heavy atom. The van der Waals surface area contributed by atoms with E-state index in [-0.39, 0.29) is 0 Å². The zero-order chi connectivity index (χ0) is 11.5. The Balaban J connectivity index is 2.85. The molecule has 0 aliphatic carbocycles.